The number of sulfone groups is 1. The summed E-state index contributed by atoms with van der Waals surface area (Å²) in [6, 6.07) is 18.8. The van der Waals surface area contributed by atoms with Crippen LogP contribution in [0.5, 0.6) is 0 Å². The average Bonchev–Trinajstić information content (AvgIpc) is 2.97. The lowest BCUT2D eigenvalue weighted by molar-refractivity contribution is 0.103. The van der Waals surface area contributed by atoms with Crippen LogP contribution in [-0.4, -0.2) is 35.8 Å². The molecule has 41 heavy (non-hydrogen) atoms. The zero-order chi connectivity index (χ0) is 29.9. The van der Waals surface area contributed by atoms with Crippen LogP contribution in [-0.2, 0) is 38.8 Å². The summed E-state index contributed by atoms with van der Waals surface area (Å²) in [6.45, 7) is 3.35. The predicted octanol–water partition coefficient (Wildman–Crippen LogP) is 6.18. The number of hydrogen-bond donors (Lipinski definition) is 1. The second kappa shape index (κ2) is 12.4. The van der Waals surface area contributed by atoms with Crippen LogP contribution in [0.15, 0.2) is 104 Å². The van der Waals surface area contributed by atoms with Crippen molar-refractivity contribution in [1.82, 2.24) is 4.72 Å². The first-order valence-electron chi connectivity index (χ1n) is 12.8. The molecule has 0 fully saturated rings. The molecule has 0 heterocycles. The molecule has 9 nitrogen and oxygen atoms in total. The molecule has 1 atom stereocenters. The highest BCUT2D eigenvalue weighted by molar-refractivity contribution is 9.10. The highest BCUT2D eigenvalue weighted by Gasteiger charge is 2.58. The Bertz CT molecular complexity index is 1710. The molecular weight excluding hydrogens is 653 g/mol. The van der Waals surface area contributed by atoms with Crippen LogP contribution in [0.3, 0.4) is 0 Å². The SMILES string of the molecule is CCCOP(=O)(OCCC)C1(NS(=O)(=O)c2ccc(Br)cc2)C=C(S(=O)(=O)c2ccccc2)C(=O)c2ccccc21. The van der Waals surface area contributed by atoms with Crippen LogP contribution in [0, 0.1) is 0 Å². The minimum Gasteiger partial charge on any atom is -0.307 e. The topological polar surface area (TPSA) is 133 Å². The number of carbonyl (C=O) groups excluding carboxylic acids is 1. The van der Waals surface area contributed by atoms with Gasteiger partial charge in [0.25, 0.3) is 0 Å². The first-order valence-corrected chi connectivity index (χ1v) is 18.1. The van der Waals surface area contributed by atoms with E-state index in [2.05, 4.69) is 20.7 Å². The third-order valence-electron chi connectivity index (χ3n) is 6.27. The van der Waals surface area contributed by atoms with Gasteiger partial charge in [-0.3, -0.25) is 9.36 Å². The van der Waals surface area contributed by atoms with Crippen LogP contribution >= 0.6 is 23.5 Å². The Morgan fingerprint density at radius 1 is 0.805 bits per heavy atom. The summed E-state index contributed by atoms with van der Waals surface area (Å²) >= 11 is 3.28. The summed E-state index contributed by atoms with van der Waals surface area (Å²) in [5, 5.41) is -2.41. The summed E-state index contributed by atoms with van der Waals surface area (Å²) in [4.78, 5) is 12.6. The van der Waals surface area contributed by atoms with E-state index in [0.29, 0.717) is 17.3 Å². The molecule has 3 aromatic rings. The Hall–Kier alpha value is -2.44. The Morgan fingerprint density at radius 3 is 1.95 bits per heavy atom. The third-order valence-corrected chi connectivity index (χ3v) is 12.6. The smallest absolute Gasteiger partial charge is 0.307 e. The molecular formula is C28H29BrNO8PS2. The molecule has 0 aliphatic heterocycles. The quantitative estimate of drug-likeness (QED) is 0.224. The number of fused-ring (bicyclic) bond motifs is 1. The van der Waals surface area contributed by atoms with E-state index in [1.807, 2.05) is 0 Å². The van der Waals surface area contributed by atoms with Gasteiger partial charge >= 0.3 is 7.60 Å². The van der Waals surface area contributed by atoms with Crippen molar-refractivity contribution < 1.29 is 35.2 Å². The van der Waals surface area contributed by atoms with Crippen molar-refractivity contribution in [2.75, 3.05) is 13.2 Å². The highest BCUT2D eigenvalue weighted by Crippen LogP contribution is 2.67. The van der Waals surface area contributed by atoms with E-state index in [-0.39, 0.29) is 34.1 Å². The molecule has 0 saturated carbocycles. The molecule has 1 unspecified atom stereocenters. The van der Waals surface area contributed by atoms with E-state index >= 15 is 0 Å². The number of ketones is 1. The van der Waals surface area contributed by atoms with Crippen LogP contribution < -0.4 is 4.72 Å². The maximum absolute atomic E-state index is 14.9. The van der Waals surface area contributed by atoms with Crippen molar-refractivity contribution >= 4 is 49.2 Å². The zero-order valence-electron chi connectivity index (χ0n) is 22.3. The van der Waals surface area contributed by atoms with Gasteiger partial charge in [0, 0.05) is 15.6 Å². The average molecular weight is 683 g/mol. The highest BCUT2D eigenvalue weighted by atomic mass is 79.9. The van der Waals surface area contributed by atoms with E-state index in [1.165, 1.54) is 72.8 Å². The number of Topliss-reactive ketones (excluding diaryl/α,β-unsaturated/α-hetero) is 1. The number of nitrogens with one attached hydrogen (secondary N) is 1. The number of benzene rings is 3. The van der Waals surface area contributed by atoms with Gasteiger partial charge in [0.1, 0.15) is 4.91 Å². The summed E-state index contributed by atoms with van der Waals surface area (Å²) in [5.74, 6) is -0.875. The van der Waals surface area contributed by atoms with E-state index in [1.54, 1.807) is 19.9 Å². The molecule has 0 spiro atoms. The van der Waals surface area contributed by atoms with Crippen LogP contribution in [0.25, 0.3) is 0 Å². The maximum Gasteiger partial charge on any atom is 0.360 e. The second-order valence-corrected chi connectivity index (χ2v) is 15.9. The molecule has 0 saturated heterocycles. The Kier molecular flexibility index (Phi) is 9.55. The molecule has 1 aliphatic carbocycles. The Morgan fingerprint density at radius 2 is 1.37 bits per heavy atom. The van der Waals surface area contributed by atoms with Gasteiger partial charge in [-0.15, -0.1) is 0 Å². The lowest BCUT2D eigenvalue weighted by Gasteiger charge is -2.40. The molecule has 0 bridgehead atoms. The number of hydrogen-bond acceptors (Lipinski definition) is 8. The van der Waals surface area contributed by atoms with Gasteiger partial charge in [0.2, 0.25) is 25.6 Å². The number of halogens is 1. The van der Waals surface area contributed by atoms with Gasteiger partial charge in [-0.05, 0) is 55.3 Å². The monoisotopic (exact) mass is 681 g/mol. The number of allylic oxidation sites excluding steroid dienone is 1. The molecule has 1 aliphatic rings. The van der Waals surface area contributed by atoms with Gasteiger partial charge in [0.15, 0.2) is 5.28 Å². The number of sulfonamides is 1. The summed E-state index contributed by atoms with van der Waals surface area (Å²) in [7, 11) is -13.7. The van der Waals surface area contributed by atoms with Crippen molar-refractivity contribution in [3.05, 3.63) is 105 Å². The van der Waals surface area contributed by atoms with Gasteiger partial charge < -0.3 is 9.05 Å². The summed E-state index contributed by atoms with van der Waals surface area (Å²) in [6.07, 6.45) is 1.69. The van der Waals surface area contributed by atoms with E-state index in [9.17, 15) is 26.2 Å². The van der Waals surface area contributed by atoms with Crippen molar-refractivity contribution in [2.24, 2.45) is 0 Å². The lowest BCUT2D eigenvalue weighted by atomic mass is 9.92. The predicted molar refractivity (Wildman–Crippen MR) is 159 cm³/mol. The first-order chi connectivity index (χ1) is 19.4. The molecule has 1 N–H and O–H groups in total. The summed E-state index contributed by atoms with van der Waals surface area (Å²) < 4.78 is 85.3. The van der Waals surface area contributed by atoms with Crippen LogP contribution in [0.2, 0.25) is 0 Å². The fraction of sp³-hybridized carbons (Fsp3) is 0.250. The van der Waals surface area contributed by atoms with Crippen molar-refractivity contribution in [2.45, 2.75) is 41.8 Å². The maximum atomic E-state index is 14.9. The van der Waals surface area contributed by atoms with Crippen molar-refractivity contribution in [3.8, 4) is 0 Å². The number of carbonyl (C=O) groups is 1. The Balaban J connectivity index is 2.10. The van der Waals surface area contributed by atoms with Gasteiger partial charge in [0.05, 0.1) is 23.0 Å². The molecule has 218 valence electrons. The lowest BCUT2D eigenvalue weighted by Crippen LogP contribution is -2.48. The normalized spacial score (nSPS) is 17.6. The molecule has 0 amide bonds. The zero-order valence-corrected chi connectivity index (χ0v) is 26.4. The minimum atomic E-state index is -4.64. The van der Waals surface area contributed by atoms with Gasteiger partial charge in [-0.25, -0.2) is 16.8 Å². The molecule has 13 heteroatoms. The minimum absolute atomic E-state index is 0.0479. The molecule has 3 aromatic carbocycles. The summed E-state index contributed by atoms with van der Waals surface area (Å²) in [5.41, 5.74) is -0.198. The van der Waals surface area contributed by atoms with Gasteiger partial charge in [-0.2, -0.15) is 4.72 Å². The van der Waals surface area contributed by atoms with Crippen molar-refractivity contribution in [1.29, 1.82) is 0 Å². The van der Waals surface area contributed by atoms with E-state index in [0.717, 1.165) is 6.08 Å². The van der Waals surface area contributed by atoms with E-state index in [4.69, 9.17) is 9.05 Å². The fourth-order valence-electron chi connectivity index (χ4n) is 4.31. The molecule has 4 rings (SSSR count). The molecule has 0 aromatic heterocycles. The fourth-order valence-corrected chi connectivity index (χ4v) is 10.2. The first kappa shape index (κ1) is 31.5. The largest absolute Gasteiger partial charge is 0.360 e. The van der Waals surface area contributed by atoms with Gasteiger partial charge in [-0.1, -0.05) is 72.2 Å². The van der Waals surface area contributed by atoms with E-state index < -0.39 is 43.4 Å². The Labute approximate surface area is 248 Å². The van der Waals surface area contributed by atoms with Crippen molar-refractivity contribution in [3.63, 3.8) is 0 Å². The molecule has 0 radical (unpaired) electrons. The number of rotatable bonds is 12. The second-order valence-electron chi connectivity index (χ2n) is 9.19. The standard InChI is InChI=1S/C28H29BrNO8PS2/c1-3-18-37-39(32,38-19-4-2)28(30-41(35,36)23-16-14-21(29)15-17-23)20-26(27(31)24-12-8-9-13-25(24)28)40(33,34)22-10-6-5-7-11-22/h5-17,20,30H,3-4,18-19H2,1-2H3. The third kappa shape index (κ3) is 6.06. The van der Waals surface area contributed by atoms with Crippen LogP contribution in [0.1, 0.15) is 42.6 Å². The van der Waals surface area contributed by atoms with Crippen LogP contribution in [0.4, 0.5) is 0 Å².